The van der Waals surface area contributed by atoms with Crippen molar-refractivity contribution in [3.8, 4) is 0 Å². The molecular weight excluding hydrogens is 763 g/mol. The molecule has 0 aromatic carbocycles. The Morgan fingerprint density at radius 3 is 1.38 bits per heavy atom. The lowest BCUT2D eigenvalue weighted by Gasteiger charge is -2.40. The van der Waals surface area contributed by atoms with E-state index in [0.717, 1.165) is 44.4 Å². The quantitative estimate of drug-likeness (QED) is 0.0275. The average Bonchev–Trinajstić information content (AvgIpc) is 3.25. The normalized spacial score (nSPS) is 22.1. The molecular formula is C49H97NO10. The summed E-state index contributed by atoms with van der Waals surface area (Å²) in [6.45, 7) is 5.79. The fourth-order valence-corrected chi connectivity index (χ4v) is 8.36. The minimum absolute atomic E-state index is 0.266. The highest BCUT2D eigenvalue weighted by atomic mass is 16.7. The lowest BCUT2D eigenvalue weighted by atomic mass is 9.98. The third-order valence-corrected chi connectivity index (χ3v) is 13.0. The number of rotatable bonds is 42. The fraction of sp³-hybridized carbons (Fsp3) is 0.980. The maximum Gasteiger partial charge on any atom is 0.249 e. The molecule has 0 aromatic rings. The Kier molecular flexibility index (Phi) is 36.7. The Bertz CT molecular complexity index is 959. The van der Waals surface area contributed by atoms with Crippen LogP contribution >= 0.6 is 0 Å². The van der Waals surface area contributed by atoms with Crippen LogP contribution in [0.4, 0.5) is 0 Å². The standard InChI is InChI=1S/C49H97NO10/c1-4-6-7-8-9-10-11-12-13-14-15-16-17-18-19-20-23-27-30-33-36-42(53)48(58)50-40(38-59-49-47(57)46(56)45(55)43(37-51)60-49)44(54)41(52)35-32-29-26-24-21-22-25-28-31-34-39(3)5-2/h39-47,49,51-57H,4-38H2,1-3H3,(H,50,58)/t39-,40+,41-,42-,43-,44+,45+,46+,47+,49-/m1/s1. The van der Waals surface area contributed by atoms with Gasteiger partial charge >= 0.3 is 0 Å². The molecule has 0 aromatic heterocycles. The highest BCUT2D eigenvalue weighted by molar-refractivity contribution is 5.80. The molecule has 1 amide bonds. The van der Waals surface area contributed by atoms with E-state index in [1.807, 2.05) is 0 Å². The molecule has 358 valence electrons. The van der Waals surface area contributed by atoms with Gasteiger partial charge in [-0.15, -0.1) is 0 Å². The molecule has 0 bridgehead atoms. The van der Waals surface area contributed by atoms with Crippen molar-refractivity contribution in [1.82, 2.24) is 5.32 Å². The predicted octanol–water partition coefficient (Wildman–Crippen LogP) is 8.92. The number of carbonyl (C=O) groups is 1. The Morgan fingerprint density at radius 2 is 0.967 bits per heavy atom. The van der Waals surface area contributed by atoms with Crippen molar-refractivity contribution in [2.24, 2.45) is 5.92 Å². The Labute approximate surface area is 367 Å². The number of carbonyl (C=O) groups excluding carboxylic acids is 1. The number of amides is 1. The van der Waals surface area contributed by atoms with Gasteiger partial charge in [0, 0.05) is 0 Å². The average molecular weight is 860 g/mol. The van der Waals surface area contributed by atoms with E-state index in [-0.39, 0.29) is 6.42 Å². The summed E-state index contributed by atoms with van der Waals surface area (Å²) in [5, 5.41) is 75.8. The number of hydrogen-bond donors (Lipinski definition) is 8. The van der Waals surface area contributed by atoms with Gasteiger partial charge in [0.1, 0.15) is 36.6 Å². The largest absolute Gasteiger partial charge is 0.394 e. The summed E-state index contributed by atoms with van der Waals surface area (Å²) < 4.78 is 11.1. The molecule has 10 atom stereocenters. The summed E-state index contributed by atoms with van der Waals surface area (Å²) in [7, 11) is 0. The van der Waals surface area contributed by atoms with Crippen LogP contribution < -0.4 is 5.32 Å². The third-order valence-electron chi connectivity index (χ3n) is 13.0. The molecule has 1 aliphatic rings. The Balaban J connectivity index is 2.37. The van der Waals surface area contributed by atoms with Gasteiger partial charge in [-0.05, 0) is 18.8 Å². The van der Waals surface area contributed by atoms with Crippen molar-refractivity contribution in [2.75, 3.05) is 13.2 Å². The molecule has 0 spiro atoms. The first-order valence-corrected chi connectivity index (χ1v) is 25.3. The van der Waals surface area contributed by atoms with Crippen LogP contribution in [-0.4, -0.2) is 110 Å². The van der Waals surface area contributed by atoms with Crippen molar-refractivity contribution >= 4 is 5.91 Å². The highest BCUT2D eigenvalue weighted by Crippen LogP contribution is 2.23. The maximum absolute atomic E-state index is 13.1. The molecule has 8 N–H and O–H groups in total. The summed E-state index contributed by atoms with van der Waals surface area (Å²) in [6, 6.07) is -1.16. The monoisotopic (exact) mass is 860 g/mol. The van der Waals surface area contributed by atoms with Crippen LogP contribution in [0, 0.1) is 5.92 Å². The minimum Gasteiger partial charge on any atom is -0.394 e. The molecule has 11 nitrogen and oxygen atoms in total. The van der Waals surface area contributed by atoms with Gasteiger partial charge in [-0.25, -0.2) is 0 Å². The fourth-order valence-electron chi connectivity index (χ4n) is 8.36. The molecule has 11 heteroatoms. The first kappa shape index (κ1) is 57.1. The summed E-state index contributed by atoms with van der Waals surface area (Å²) in [4.78, 5) is 13.1. The van der Waals surface area contributed by atoms with E-state index >= 15 is 0 Å². The van der Waals surface area contributed by atoms with E-state index in [4.69, 9.17) is 9.47 Å². The third kappa shape index (κ3) is 28.0. The molecule has 0 saturated carbocycles. The van der Waals surface area contributed by atoms with Gasteiger partial charge in [0.15, 0.2) is 6.29 Å². The zero-order chi connectivity index (χ0) is 44.2. The molecule has 0 aliphatic carbocycles. The molecule has 60 heavy (non-hydrogen) atoms. The van der Waals surface area contributed by atoms with Crippen LogP contribution in [0.5, 0.6) is 0 Å². The van der Waals surface area contributed by atoms with Crippen molar-refractivity contribution < 1.29 is 50.0 Å². The zero-order valence-electron chi connectivity index (χ0n) is 38.9. The van der Waals surface area contributed by atoms with Crippen LogP contribution in [-0.2, 0) is 14.3 Å². The van der Waals surface area contributed by atoms with E-state index < -0.39 is 74.2 Å². The van der Waals surface area contributed by atoms with Gasteiger partial charge in [0.2, 0.25) is 5.91 Å². The lowest BCUT2D eigenvalue weighted by Crippen LogP contribution is -2.60. The molecule has 0 radical (unpaired) electrons. The van der Waals surface area contributed by atoms with Crippen molar-refractivity contribution in [1.29, 1.82) is 0 Å². The smallest absolute Gasteiger partial charge is 0.249 e. The van der Waals surface area contributed by atoms with E-state index in [9.17, 15) is 40.5 Å². The first-order chi connectivity index (χ1) is 29.1. The molecule has 1 aliphatic heterocycles. The Hall–Kier alpha value is -0.890. The van der Waals surface area contributed by atoms with Gasteiger partial charge in [0.05, 0.1) is 25.4 Å². The van der Waals surface area contributed by atoms with Gasteiger partial charge in [0.25, 0.3) is 0 Å². The number of ether oxygens (including phenoxy) is 2. The van der Waals surface area contributed by atoms with Crippen LogP contribution in [0.25, 0.3) is 0 Å². The minimum atomic E-state index is -1.66. The first-order valence-electron chi connectivity index (χ1n) is 25.3. The Morgan fingerprint density at radius 1 is 0.567 bits per heavy atom. The second kappa shape index (κ2) is 38.6. The van der Waals surface area contributed by atoms with Crippen LogP contribution in [0.2, 0.25) is 0 Å². The topological polar surface area (TPSA) is 189 Å². The molecule has 1 fully saturated rings. The van der Waals surface area contributed by atoms with Crippen molar-refractivity contribution in [3.05, 3.63) is 0 Å². The predicted molar refractivity (Wildman–Crippen MR) is 243 cm³/mol. The second-order valence-electron chi connectivity index (χ2n) is 18.5. The lowest BCUT2D eigenvalue weighted by molar-refractivity contribution is -0.303. The van der Waals surface area contributed by atoms with Crippen LogP contribution in [0.1, 0.15) is 233 Å². The molecule has 1 rings (SSSR count). The molecule has 1 saturated heterocycles. The van der Waals surface area contributed by atoms with Crippen molar-refractivity contribution in [3.63, 3.8) is 0 Å². The highest BCUT2D eigenvalue weighted by Gasteiger charge is 2.44. The summed E-state index contributed by atoms with van der Waals surface area (Å²) in [6.07, 6.45) is 27.2. The van der Waals surface area contributed by atoms with E-state index in [1.165, 1.54) is 148 Å². The van der Waals surface area contributed by atoms with E-state index in [2.05, 4.69) is 26.1 Å². The van der Waals surface area contributed by atoms with E-state index in [1.54, 1.807) is 0 Å². The number of aliphatic hydroxyl groups is 7. The van der Waals surface area contributed by atoms with Gasteiger partial charge in [-0.2, -0.15) is 0 Å². The van der Waals surface area contributed by atoms with Crippen LogP contribution in [0.3, 0.4) is 0 Å². The zero-order valence-corrected chi connectivity index (χ0v) is 38.9. The SMILES string of the molecule is CCCCCCCCCCCCCCCCCCCCCC[C@@H](O)C(=O)N[C@@H](CO[C@@H]1O[C@H](CO)[C@H](O)[C@H](O)[C@@H]1O)[C@H](O)[C@H](O)CCCCCCCCCCC[C@H](C)CC. The van der Waals surface area contributed by atoms with E-state index in [0.29, 0.717) is 19.3 Å². The second-order valence-corrected chi connectivity index (χ2v) is 18.5. The number of unbranched alkanes of at least 4 members (excludes halogenated alkanes) is 27. The number of hydrogen-bond acceptors (Lipinski definition) is 10. The van der Waals surface area contributed by atoms with Gasteiger partial charge in [-0.1, -0.05) is 220 Å². The summed E-state index contributed by atoms with van der Waals surface area (Å²) in [5.74, 6) is 0.122. The van der Waals surface area contributed by atoms with Gasteiger partial charge in [-0.3, -0.25) is 4.79 Å². The molecule has 1 heterocycles. The van der Waals surface area contributed by atoms with Gasteiger partial charge < -0.3 is 50.5 Å². The summed E-state index contributed by atoms with van der Waals surface area (Å²) >= 11 is 0. The van der Waals surface area contributed by atoms with Crippen LogP contribution in [0.15, 0.2) is 0 Å². The molecule has 0 unspecified atom stereocenters. The summed E-state index contributed by atoms with van der Waals surface area (Å²) in [5.41, 5.74) is 0. The van der Waals surface area contributed by atoms with Crippen molar-refractivity contribution in [2.45, 2.75) is 288 Å². The maximum atomic E-state index is 13.1. The number of aliphatic hydroxyl groups excluding tert-OH is 7. The number of nitrogens with one attached hydrogen (secondary N) is 1.